The van der Waals surface area contributed by atoms with Crippen molar-refractivity contribution in [3.8, 4) is 0 Å². The Kier molecular flexibility index (Phi) is 2.52. The number of aromatic nitrogens is 2. The average Bonchev–Trinajstić information content (AvgIpc) is 2.26. The molecule has 1 heterocycles. The van der Waals surface area contributed by atoms with Crippen LogP contribution in [0.5, 0.6) is 0 Å². The van der Waals surface area contributed by atoms with Crippen LogP contribution in [0.3, 0.4) is 0 Å². The van der Waals surface area contributed by atoms with E-state index in [1.54, 1.807) is 11.2 Å². The van der Waals surface area contributed by atoms with E-state index >= 15 is 0 Å². The number of fused-ring (bicyclic) bond motifs is 1. The Hall–Kier alpha value is -1.68. The van der Waals surface area contributed by atoms with Gasteiger partial charge in [-0.2, -0.15) is 5.10 Å². The Morgan fingerprint density at radius 1 is 1.19 bits per heavy atom. The van der Waals surface area contributed by atoms with Crippen molar-refractivity contribution >= 4 is 16.6 Å². The van der Waals surface area contributed by atoms with Gasteiger partial charge in [0.1, 0.15) is 0 Å². The second-order valence-electron chi connectivity index (χ2n) is 4.80. The molecule has 0 saturated heterocycles. The molecular formula is C12H16N4. The lowest BCUT2D eigenvalue weighted by molar-refractivity contribution is 0.508. The van der Waals surface area contributed by atoms with Crippen LogP contribution in [0.4, 0.5) is 5.82 Å². The van der Waals surface area contributed by atoms with Gasteiger partial charge in [-0.1, -0.05) is 24.3 Å². The molecule has 84 valence electrons. The summed E-state index contributed by atoms with van der Waals surface area (Å²) in [6.45, 7) is 6.11. The molecule has 0 radical (unpaired) electrons. The standard InChI is InChI=1S/C12H16N4/c1-12(2,3)16(13)11-10-7-5-4-6-9(10)8-14-15-11/h4-8H,13H2,1-3H3. The van der Waals surface area contributed by atoms with Gasteiger partial charge in [-0.05, 0) is 20.8 Å². The molecular weight excluding hydrogens is 200 g/mol. The summed E-state index contributed by atoms with van der Waals surface area (Å²) < 4.78 is 0. The molecule has 0 atom stereocenters. The van der Waals surface area contributed by atoms with Crippen molar-refractivity contribution < 1.29 is 0 Å². The van der Waals surface area contributed by atoms with Gasteiger partial charge in [-0.15, -0.1) is 5.10 Å². The third-order valence-electron chi connectivity index (χ3n) is 2.50. The van der Waals surface area contributed by atoms with E-state index < -0.39 is 0 Å². The highest BCUT2D eigenvalue weighted by Crippen LogP contribution is 2.25. The number of nitrogens with zero attached hydrogens (tertiary/aromatic N) is 3. The van der Waals surface area contributed by atoms with Crippen LogP contribution in [0.15, 0.2) is 30.5 Å². The number of anilines is 1. The summed E-state index contributed by atoms with van der Waals surface area (Å²) >= 11 is 0. The summed E-state index contributed by atoms with van der Waals surface area (Å²) in [6.07, 6.45) is 1.75. The summed E-state index contributed by atoms with van der Waals surface area (Å²) in [4.78, 5) is 0. The Bertz CT molecular complexity index is 496. The minimum atomic E-state index is -0.182. The molecule has 2 aromatic rings. The highest BCUT2D eigenvalue weighted by atomic mass is 15.5. The third kappa shape index (κ3) is 1.84. The quantitative estimate of drug-likeness (QED) is 0.586. The molecule has 0 bridgehead atoms. The first kappa shape index (κ1) is 10.8. The molecule has 0 fully saturated rings. The maximum absolute atomic E-state index is 6.07. The summed E-state index contributed by atoms with van der Waals surface area (Å²) in [5, 5.41) is 11.8. The number of hydrogen-bond donors (Lipinski definition) is 1. The predicted molar refractivity (Wildman–Crippen MR) is 66.0 cm³/mol. The lowest BCUT2D eigenvalue weighted by atomic mass is 10.1. The maximum atomic E-state index is 6.07. The van der Waals surface area contributed by atoms with Crippen LogP contribution in [0, 0.1) is 0 Å². The number of nitrogens with two attached hydrogens (primary N) is 1. The molecule has 0 spiro atoms. The van der Waals surface area contributed by atoms with E-state index in [1.807, 2.05) is 45.0 Å². The molecule has 0 unspecified atom stereocenters. The highest BCUT2D eigenvalue weighted by Gasteiger charge is 2.21. The Morgan fingerprint density at radius 3 is 2.56 bits per heavy atom. The Balaban J connectivity index is 2.61. The van der Waals surface area contributed by atoms with E-state index in [2.05, 4.69) is 10.2 Å². The van der Waals surface area contributed by atoms with Crippen LogP contribution >= 0.6 is 0 Å². The largest absolute Gasteiger partial charge is 0.287 e. The van der Waals surface area contributed by atoms with E-state index in [0.29, 0.717) is 5.82 Å². The molecule has 2 N–H and O–H groups in total. The molecule has 1 aromatic carbocycles. The van der Waals surface area contributed by atoms with Gasteiger partial charge in [-0.3, -0.25) is 5.01 Å². The monoisotopic (exact) mass is 216 g/mol. The number of hydrazine groups is 1. The van der Waals surface area contributed by atoms with E-state index in [0.717, 1.165) is 10.8 Å². The number of hydrogen-bond acceptors (Lipinski definition) is 4. The zero-order chi connectivity index (χ0) is 11.8. The van der Waals surface area contributed by atoms with Crippen molar-refractivity contribution in [2.45, 2.75) is 26.3 Å². The van der Waals surface area contributed by atoms with Crippen LogP contribution < -0.4 is 10.9 Å². The molecule has 4 heteroatoms. The van der Waals surface area contributed by atoms with Crippen molar-refractivity contribution in [3.63, 3.8) is 0 Å². The fourth-order valence-corrected chi connectivity index (χ4v) is 1.51. The van der Waals surface area contributed by atoms with Crippen molar-refractivity contribution in [2.75, 3.05) is 5.01 Å². The van der Waals surface area contributed by atoms with Crippen LogP contribution in [0.25, 0.3) is 10.8 Å². The molecule has 0 aliphatic heterocycles. The van der Waals surface area contributed by atoms with Crippen LogP contribution in [-0.2, 0) is 0 Å². The lowest BCUT2D eigenvalue weighted by Crippen LogP contribution is -2.47. The molecule has 0 saturated carbocycles. The van der Waals surface area contributed by atoms with Crippen LogP contribution in [0.1, 0.15) is 20.8 Å². The second-order valence-corrected chi connectivity index (χ2v) is 4.80. The Morgan fingerprint density at radius 2 is 1.88 bits per heavy atom. The smallest absolute Gasteiger partial charge is 0.173 e. The highest BCUT2D eigenvalue weighted by molar-refractivity contribution is 5.91. The fourth-order valence-electron chi connectivity index (χ4n) is 1.51. The van der Waals surface area contributed by atoms with Gasteiger partial charge >= 0.3 is 0 Å². The number of benzene rings is 1. The SMILES string of the molecule is CC(C)(C)N(N)c1nncc2ccccc12. The molecule has 0 aliphatic rings. The molecule has 0 aliphatic carbocycles. The molecule has 16 heavy (non-hydrogen) atoms. The first-order valence-electron chi connectivity index (χ1n) is 5.25. The number of rotatable bonds is 1. The van der Waals surface area contributed by atoms with Gasteiger partial charge in [-0.25, -0.2) is 5.84 Å². The first-order chi connectivity index (χ1) is 7.50. The lowest BCUT2D eigenvalue weighted by Gasteiger charge is -2.32. The van der Waals surface area contributed by atoms with Crippen molar-refractivity contribution in [2.24, 2.45) is 5.84 Å². The second kappa shape index (κ2) is 3.72. The van der Waals surface area contributed by atoms with Gasteiger partial charge < -0.3 is 0 Å². The summed E-state index contributed by atoms with van der Waals surface area (Å²) in [5.74, 6) is 6.78. The van der Waals surface area contributed by atoms with Crippen LogP contribution in [-0.4, -0.2) is 15.7 Å². The average molecular weight is 216 g/mol. The molecule has 1 aromatic heterocycles. The summed E-state index contributed by atoms with van der Waals surface area (Å²) in [7, 11) is 0. The Labute approximate surface area is 95.1 Å². The maximum Gasteiger partial charge on any atom is 0.173 e. The molecule has 0 amide bonds. The topological polar surface area (TPSA) is 55.0 Å². The summed E-state index contributed by atoms with van der Waals surface area (Å²) in [6, 6.07) is 7.96. The van der Waals surface area contributed by atoms with Gasteiger partial charge in [0.15, 0.2) is 5.82 Å². The molecule has 2 rings (SSSR count). The van der Waals surface area contributed by atoms with Gasteiger partial charge in [0.25, 0.3) is 0 Å². The fraction of sp³-hybridized carbons (Fsp3) is 0.333. The minimum absolute atomic E-state index is 0.182. The minimum Gasteiger partial charge on any atom is -0.287 e. The van der Waals surface area contributed by atoms with Gasteiger partial charge in [0, 0.05) is 16.3 Å². The van der Waals surface area contributed by atoms with Gasteiger partial charge in [0.2, 0.25) is 0 Å². The van der Waals surface area contributed by atoms with E-state index in [-0.39, 0.29) is 5.54 Å². The van der Waals surface area contributed by atoms with Crippen molar-refractivity contribution in [1.82, 2.24) is 10.2 Å². The summed E-state index contributed by atoms with van der Waals surface area (Å²) in [5.41, 5.74) is -0.182. The zero-order valence-corrected chi connectivity index (χ0v) is 9.81. The first-order valence-corrected chi connectivity index (χ1v) is 5.25. The van der Waals surface area contributed by atoms with Crippen LogP contribution in [0.2, 0.25) is 0 Å². The normalized spacial score (nSPS) is 11.8. The van der Waals surface area contributed by atoms with Gasteiger partial charge in [0.05, 0.1) is 6.20 Å². The van der Waals surface area contributed by atoms with E-state index in [9.17, 15) is 0 Å². The zero-order valence-electron chi connectivity index (χ0n) is 9.81. The van der Waals surface area contributed by atoms with Crippen molar-refractivity contribution in [3.05, 3.63) is 30.5 Å². The van der Waals surface area contributed by atoms with E-state index in [4.69, 9.17) is 5.84 Å². The third-order valence-corrected chi connectivity index (χ3v) is 2.50. The van der Waals surface area contributed by atoms with Crippen molar-refractivity contribution in [1.29, 1.82) is 0 Å². The predicted octanol–water partition coefficient (Wildman–Crippen LogP) is 2.11. The molecule has 4 nitrogen and oxygen atoms in total. The van der Waals surface area contributed by atoms with E-state index in [1.165, 1.54) is 0 Å².